The van der Waals surface area contributed by atoms with Crippen LogP contribution in [0.4, 0.5) is 0 Å². The summed E-state index contributed by atoms with van der Waals surface area (Å²) < 4.78 is 7.23. The van der Waals surface area contributed by atoms with Crippen LogP contribution in [0.1, 0.15) is 31.2 Å². The molecule has 32 heavy (non-hydrogen) atoms. The number of benzene rings is 1. The topological polar surface area (TPSA) is 79.1 Å². The van der Waals surface area contributed by atoms with E-state index in [0.717, 1.165) is 55.9 Å². The number of guanidine groups is 1. The predicted octanol–water partition coefficient (Wildman–Crippen LogP) is 2.71. The molecule has 1 aliphatic rings. The van der Waals surface area contributed by atoms with Gasteiger partial charge >= 0.3 is 0 Å². The van der Waals surface area contributed by atoms with Crippen molar-refractivity contribution in [3.8, 4) is 5.75 Å². The molecule has 0 aliphatic carbocycles. The van der Waals surface area contributed by atoms with Crippen LogP contribution in [0.15, 0.2) is 53.7 Å². The molecule has 1 aromatic carbocycles. The third-order valence-electron chi connectivity index (χ3n) is 5.94. The van der Waals surface area contributed by atoms with Crippen LogP contribution < -0.4 is 15.4 Å². The number of ether oxygens (including phenoxy) is 1. The van der Waals surface area contributed by atoms with Crippen molar-refractivity contribution in [2.75, 3.05) is 33.3 Å². The summed E-state index contributed by atoms with van der Waals surface area (Å²) in [6, 6.07) is 14.3. The molecule has 4 rings (SSSR count). The van der Waals surface area contributed by atoms with Gasteiger partial charge in [0.2, 0.25) is 0 Å². The van der Waals surface area contributed by atoms with Gasteiger partial charge in [-0.25, -0.2) is 4.99 Å². The molecule has 1 aliphatic heterocycles. The first-order valence-corrected chi connectivity index (χ1v) is 11.4. The molecule has 8 heteroatoms. The fraction of sp³-hybridized carbons (Fsp3) is 0.458. The summed E-state index contributed by atoms with van der Waals surface area (Å²) in [5.74, 6) is 3.24. The second kappa shape index (κ2) is 10.9. The van der Waals surface area contributed by atoms with E-state index in [1.807, 2.05) is 40.9 Å². The molecule has 0 atom stereocenters. The minimum absolute atomic E-state index is 0.487. The van der Waals surface area contributed by atoms with Crippen LogP contribution in [0.5, 0.6) is 5.75 Å². The van der Waals surface area contributed by atoms with Crippen LogP contribution >= 0.6 is 0 Å². The average Bonchev–Trinajstić information content (AvgIpc) is 3.25. The lowest BCUT2D eigenvalue weighted by Gasteiger charge is -2.32. The lowest BCUT2D eigenvalue weighted by Crippen LogP contribution is -2.42. The van der Waals surface area contributed by atoms with Crippen molar-refractivity contribution in [3.63, 3.8) is 0 Å². The number of fused-ring (bicyclic) bond motifs is 1. The molecule has 0 unspecified atom stereocenters. The molecule has 2 aromatic heterocycles. The van der Waals surface area contributed by atoms with Gasteiger partial charge < -0.3 is 15.4 Å². The first-order valence-electron chi connectivity index (χ1n) is 11.4. The number of pyridine rings is 1. The Morgan fingerprint density at radius 1 is 1.09 bits per heavy atom. The van der Waals surface area contributed by atoms with E-state index in [2.05, 4.69) is 44.8 Å². The summed E-state index contributed by atoms with van der Waals surface area (Å²) in [7, 11) is 1.71. The monoisotopic (exact) mass is 435 g/mol. The van der Waals surface area contributed by atoms with E-state index >= 15 is 0 Å². The highest BCUT2D eigenvalue weighted by molar-refractivity contribution is 5.79. The molecule has 0 saturated carbocycles. The van der Waals surface area contributed by atoms with E-state index in [-0.39, 0.29) is 0 Å². The zero-order chi connectivity index (χ0) is 22.2. The minimum atomic E-state index is 0.487. The van der Waals surface area contributed by atoms with E-state index in [0.29, 0.717) is 12.5 Å². The molecule has 3 heterocycles. The van der Waals surface area contributed by atoms with E-state index in [1.165, 1.54) is 18.4 Å². The first kappa shape index (κ1) is 22.1. The van der Waals surface area contributed by atoms with Crippen LogP contribution in [0, 0.1) is 5.92 Å². The molecule has 0 bridgehead atoms. The van der Waals surface area contributed by atoms with Gasteiger partial charge in [-0.05, 0) is 68.6 Å². The Balaban J connectivity index is 1.25. The van der Waals surface area contributed by atoms with Crippen LogP contribution in [-0.2, 0) is 13.1 Å². The number of aliphatic imine (C=N–C) groups is 1. The van der Waals surface area contributed by atoms with Crippen LogP contribution in [0.3, 0.4) is 0 Å². The maximum Gasteiger partial charge on any atom is 0.191 e. The van der Waals surface area contributed by atoms with Gasteiger partial charge in [-0.3, -0.25) is 9.30 Å². The van der Waals surface area contributed by atoms with Crippen molar-refractivity contribution >= 4 is 11.6 Å². The molecule has 0 spiro atoms. The highest BCUT2D eigenvalue weighted by atomic mass is 16.5. The van der Waals surface area contributed by atoms with Crippen molar-refractivity contribution in [2.45, 2.75) is 32.9 Å². The SMILES string of the molecule is CCNC(=NCc1nnc2ccccn12)NCC1CCN(Cc2ccc(OC)cc2)CC1. The Kier molecular flexibility index (Phi) is 7.55. The predicted molar refractivity (Wildman–Crippen MR) is 127 cm³/mol. The Hall–Kier alpha value is -3.13. The highest BCUT2D eigenvalue weighted by Gasteiger charge is 2.19. The van der Waals surface area contributed by atoms with E-state index in [4.69, 9.17) is 9.73 Å². The minimum Gasteiger partial charge on any atom is -0.497 e. The van der Waals surface area contributed by atoms with Gasteiger partial charge in [0.15, 0.2) is 17.4 Å². The fourth-order valence-corrected chi connectivity index (χ4v) is 4.07. The maximum atomic E-state index is 5.25. The van der Waals surface area contributed by atoms with E-state index in [1.54, 1.807) is 7.11 Å². The zero-order valence-electron chi connectivity index (χ0n) is 19.0. The second-order valence-corrected chi connectivity index (χ2v) is 8.19. The Bertz CT molecular complexity index is 1010. The number of methoxy groups -OCH3 is 1. The molecular weight excluding hydrogens is 402 g/mol. The quantitative estimate of drug-likeness (QED) is 0.418. The van der Waals surface area contributed by atoms with Gasteiger partial charge in [0.1, 0.15) is 12.3 Å². The van der Waals surface area contributed by atoms with Crippen molar-refractivity contribution in [2.24, 2.45) is 10.9 Å². The average molecular weight is 436 g/mol. The molecular formula is C24H33N7O. The molecule has 0 radical (unpaired) electrons. The van der Waals surface area contributed by atoms with Gasteiger partial charge in [0.05, 0.1) is 7.11 Å². The van der Waals surface area contributed by atoms with Crippen molar-refractivity contribution in [1.82, 2.24) is 30.1 Å². The van der Waals surface area contributed by atoms with Crippen LogP contribution in [0.25, 0.3) is 5.65 Å². The van der Waals surface area contributed by atoms with E-state index < -0.39 is 0 Å². The van der Waals surface area contributed by atoms with Crippen molar-refractivity contribution < 1.29 is 4.74 Å². The number of piperidine rings is 1. The molecule has 2 N–H and O–H groups in total. The number of hydrogen-bond donors (Lipinski definition) is 2. The number of likely N-dealkylation sites (tertiary alicyclic amines) is 1. The number of nitrogens with zero attached hydrogens (tertiary/aromatic N) is 5. The zero-order valence-corrected chi connectivity index (χ0v) is 19.0. The summed E-state index contributed by atoms with van der Waals surface area (Å²) >= 11 is 0. The lowest BCUT2D eigenvalue weighted by atomic mass is 9.96. The Labute approximate surface area is 189 Å². The molecule has 1 fully saturated rings. The summed E-state index contributed by atoms with van der Waals surface area (Å²) in [5, 5.41) is 15.3. The third kappa shape index (κ3) is 5.76. The number of rotatable bonds is 8. The summed E-state index contributed by atoms with van der Waals surface area (Å²) in [6.07, 6.45) is 4.36. The van der Waals surface area contributed by atoms with Crippen LogP contribution in [0.2, 0.25) is 0 Å². The summed E-state index contributed by atoms with van der Waals surface area (Å²) in [6.45, 7) is 7.58. The van der Waals surface area contributed by atoms with Gasteiger partial charge in [-0.1, -0.05) is 18.2 Å². The van der Waals surface area contributed by atoms with Gasteiger partial charge in [-0.15, -0.1) is 10.2 Å². The third-order valence-corrected chi connectivity index (χ3v) is 5.94. The summed E-state index contributed by atoms with van der Waals surface area (Å²) in [4.78, 5) is 7.26. The molecule has 170 valence electrons. The molecule has 1 saturated heterocycles. The van der Waals surface area contributed by atoms with Gasteiger partial charge in [0.25, 0.3) is 0 Å². The van der Waals surface area contributed by atoms with Crippen molar-refractivity contribution in [1.29, 1.82) is 0 Å². The Morgan fingerprint density at radius 2 is 1.91 bits per heavy atom. The number of aromatic nitrogens is 3. The smallest absolute Gasteiger partial charge is 0.191 e. The number of nitrogens with one attached hydrogen (secondary N) is 2. The fourth-order valence-electron chi connectivity index (χ4n) is 4.07. The van der Waals surface area contributed by atoms with E-state index in [9.17, 15) is 0 Å². The normalized spacial score (nSPS) is 15.8. The maximum absolute atomic E-state index is 5.25. The molecule has 8 nitrogen and oxygen atoms in total. The lowest BCUT2D eigenvalue weighted by molar-refractivity contribution is 0.178. The number of hydrogen-bond acceptors (Lipinski definition) is 5. The Morgan fingerprint density at radius 3 is 2.66 bits per heavy atom. The molecule has 3 aromatic rings. The standard InChI is InChI=1S/C24H33N7O/c1-3-25-24(27-17-23-29-28-22-6-4-5-13-31(22)23)26-16-19-11-14-30(15-12-19)18-20-7-9-21(32-2)10-8-20/h4-10,13,19H,3,11-12,14-18H2,1-2H3,(H2,25,26,27). The highest BCUT2D eigenvalue weighted by Crippen LogP contribution is 2.19. The first-order chi connectivity index (χ1) is 15.7. The molecule has 0 amide bonds. The van der Waals surface area contributed by atoms with Crippen molar-refractivity contribution in [3.05, 3.63) is 60.0 Å². The van der Waals surface area contributed by atoms with Gasteiger partial charge in [-0.2, -0.15) is 0 Å². The summed E-state index contributed by atoms with van der Waals surface area (Å²) in [5.41, 5.74) is 2.18. The van der Waals surface area contributed by atoms with Gasteiger partial charge in [0, 0.05) is 25.8 Å². The van der Waals surface area contributed by atoms with Crippen LogP contribution in [-0.4, -0.2) is 58.7 Å². The second-order valence-electron chi connectivity index (χ2n) is 8.19. The largest absolute Gasteiger partial charge is 0.497 e.